The lowest BCUT2D eigenvalue weighted by atomic mass is 10.1. The summed E-state index contributed by atoms with van der Waals surface area (Å²) in [6.45, 7) is 5.82. The zero-order valence-corrected chi connectivity index (χ0v) is 37.1. The van der Waals surface area contributed by atoms with Crippen LogP contribution in [0, 0.1) is 0 Å². The van der Waals surface area contributed by atoms with E-state index >= 15 is 0 Å². The second kappa shape index (κ2) is 33.8. The molecule has 59 heavy (non-hydrogen) atoms. The van der Waals surface area contributed by atoms with Crippen LogP contribution < -0.4 is 14.4 Å². The summed E-state index contributed by atoms with van der Waals surface area (Å²) in [6, 6.07) is 24.9. The average molecular weight is 814 g/mol. The summed E-state index contributed by atoms with van der Waals surface area (Å²) < 4.78 is 24.0. The summed E-state index contributed by atoms with van der Waals surface area (Å²) in [5, 5.41) is 0. The molecule has 0 N–H and O–H groups in total. The number of carbonyl (C=O) groups excluding carboxylic acids is 2. The molecule has 3 rings (SSSR count). The van der Waals surface area contributed by atoms with Gasteiger partial charge in [-0.25, -0.2) is 0 Å². The van der Waals surface area contributed by atoms with Gasteiger partial charge in [0.05, 0.1) is 13.2 Å². The summed E-state index contributed by atoms with van der Waals surface area (Å²) >= 11 is 0. The van der Waals surface area contributed by atoms with E-state index in [9.17, 15) is 9.59 Å². The predicted molar refractivity (Wildman–Crippen MR) is 244 cm³/mol. The first-order chi connectivity index (χ1) is 29.1. The van der Waals surface area contributed by atoms with Crippen LogP contribution in [0.3, 0.4) is 0 Å². The number of carbonyl (C=O) groups is 2. The number of unbranched alkanes of at least 4 members (excludes halogenated alkanes) is 22. The molecule has 0 aromatic heterocycles. The SMILES string of the molecule is CCCCCCCCCCCCCCOc1ccc(N(CC(=O)OCc2ccccc2)CC(=O)OCc2ccccc2)cc1OCCCCCCCCCCCCCC. The number of nitrogens with zero attached hydrogens (tertiary/aromatic N) is 1. The molecule has 328 valence electrons. The number of hydrogen-bond acceptors (Lipinski definition) is 7. The van der Waals surface area contributed by atoms with Gasteiger partial charge in [-0.15, -0.1) is 0 Å². The van der Waals surface area contributed by atoms with Crippen LogP contribution in [0.1, 0.15) is 179 Å². The molecule has 7 nitrogen and oxygen atoms in total. The predicted octanol–water partition coefficient (Wildman–Crippen LogP) is 14.1. The van der Waals surface area contributed by atoms with Gasteiger partial charge in [0.1, 0.15) is 26.3 Å². The Labute approximate surface area is 358 Å². The Morgan fingerprint density at radius 3 is 1.17 bits per heavy atom. The molecule has 0 amide bonds. The molecule has 0 aliphatic rings. The molecule has 0 radical (unpaired) electrons. The molecule has 0 heterocycles. The van der Waals surface area contributed by atoms with E-state index in [0.717, 1.165) is 36.8 Å². The maximum absolute atomic E-state index is 13.2. The number of rotatable bonds is 37. The Kier molecular flexibility index (Phi) is 28.3. The molecular weight excluding hydrogens is 735 g/mol. The summed E-state index contributed by atoms with van der Waals surface area (Å²) in [4.78, 5) is 28.1. The molecule has 0 saturated carbocycles. The Bertz CT molecular complexity index is 1410. The minimum Gasteiger partial charge on any atom is -0.490 e. The zero-order valence-electron chi connectivity index (χ0n) is 37.1. The van der Waals surface area contributed by atoms with Crippen molar-refractivity contribution < 1.29 is 28.5 Å². The van der Waals surface area contributed by atoms with E-state index in [1.54, 1.807) is 4.90 Å². The molecule has 3 aromatic carbocycles. The van der Waals surface area contributed by atoms with Crippen molar-refractivity contribution in [3.05, 3.63) is 90.0 Å². The molecular formula is C52H79NO6. The fourth-order valence-corrected chi connectivity index (χ4v) is 7.29. The lowest BCUT2D eigenvalue weighted by Crippen LogP contribution is -2.36. The number of anilines is 1. The van der Waals surface area contributed by atoms with E-state index < -0.39 is 11.9 Å². The largest absolute Gasteiger partial charge is 0.490 e. The molecule has 7 heteroatoms. The number of ether oxygens (including phenoxy) is 4. The topological polar surface area (TPSA) is 74.3 Å². The summed E-state index contributed by atoms with van der Waals surface area (Å²) in [5.41, 5.74) is 2.47. The smallest absolute Gasteiger partial charge is 0.325 e. The first kappa shape index (κ1) is 49.4. The highest BCUT2D eigenvalue weighted by Gasteiger charge is 2.20. The molecule has 0 aliphatic carbocycles. The van der Waals surface area contributed by atoms with Crippen LogP contribution in [0.2, 0.25) is 0 Å². The Hall–Kier alpha value is -4.00. The van der Waals surface area contributed by atoms with E-state index in [1.807, 2.05) is 78.9 Å². The Morgan fingerprint density at radius 1 is 0.424 bits per heavy atom. The highest BCUT2D eigenvalue weighted by molar-refractivity contribution is 5.82. The van der Waals surface area contributed by atoms with Crippen molar-refractivity contribution in [3.63, 3.8) is 0 Å². The van der Waals surface area contributed by atoms with Gasteiger partial charge in [-0.05, 0) is 36.1 Å². The van der Waals surface area contributed by atoms with Crippen molar-refractivity contribution in [2.45, 2.75) is 181 Å². The van der Waals surface area contributed by atoms with Gasteiger partial charge in [-0.2, -0.15) is 0 Å². The minimum atomic E-state index is -0.434. The van der Waals surface area contributed by atoms with E-state index in [1.165, 1.54) is 128 Å². The van der Waals surface area contributed by atoms with Crippen LogP contribution in [-0.4, -0.2) is 38.2 Å². The molecule has 0 spiro atoms. The average Bonchev–Trinajstić information content (AvgIpc) is 3.26. The lowest BCUT2D eigenvalue weighted by molar-refractivity contribution is -0.144. The maximum atomic E-state index is 13.2. The fraction of sp³-hybridized carbons (Fsp3) is 0.615. The van der Waals surface area contributed by atoms with Crippen molar-refractivity contribution in [3.8, 4) is 11.5 Å². The lowest BCUT2D eigenvalue weighted by Gasteiger charge is -2.24. The Morgan fingerprint density at radius 2 is 0.780 bits per heavy atom. The zero-order chi connectivity index (χ0) is 41.9. The van der Waals surface area contributed by atoms with Crippen molar-refractivity contribution in [1.29, 1.82) is 0 Å². The van der Waals surface area contributed by atoms with Crippen LogP contribution in [0.15, 0.2) is 78.9 Å². The van der Waals surface area contributed by atoms with Crippen molar-refractivity contribution in [1.82, 2.24) is 0 Å². The molecule has 0 saturated heterocycles. The third-order valence-electron chi connectivity index (χ3n) is 10.9. The van der Waals surface area contributed by atoms with Crippen LogP contribution in [0.4, 0.5) is 5.69 Å². The van der Waals surface area contributed by atoms with Crippen molar-refractivity contribution in [2.24, 2.45) is 0 Å². The van der Waals surface area contributed by atoms with E-state index in [2.05, 4.69) is 13.8 Å². The number of hydrogen-bond donors (Lipinski definition) is 0. The third-order valence-corrected chi connectivity index (χ3v) is 10.9. The van der Waals surface area contributed by atoms with Crippen LogP contribution in [0.25, 0.3) is 0 Å². The van der Waals surface area contributed by atoms with Crippen LogP contribution in [0.5, 0.6) is 11.5 Å². The van der Waals surface area contributed by atoms with Gasteiger partial charge in [-0.1, -0.05) is 216 Å². The van der Waals surface area contributed by atoms with Crippen molar-refractivity contribution in [2.75, 3.05) is 31.2 Å². The van der Waals surface area contributed by atoms with Gasteiger partial charge in [0.25, 0.3) is 0 Å². The number of benzene rings is 3. The molecule has 0 atom stereocenters. The highest BCUT2D eigenvalue weighted by Crippen LogP contribution is 2.33. The summed E-state index contributed by atoms with van der Waals surface area (Å²) in [7, 11) is 0. The quantitative estimate of drug-likeness (QED) is 0.0424. The molecule has 0 aliphatic heterocycles. The molecule has 0 bridgehead atoms. The molecule has 3 aromatic rings. The van der Waals surface area contributed by atoms with Gasteiger partial charge in [0.15, 0.2) is 11.5 Å². The van der Waals surface area contributed by atoms with Gasteiger partial charge < -0.3 is 23.8 Å². The second-order valence-corrected chi connectivity index (χ2v) is 16.3. The van der Waals surface area contributed by atoms with Gasteiger partial charge >= 0.3 is 11.9 Å². The maximum Gasteiger partial charge on any atom is 0.325 e. The van der Waals surface area contributed by atoms with Crippen molar-refractivity contribution >= 4 is 17.6 Å². The number of esters is 2. The van der Waals surface area contributed by atoms with E-state index in [-0.39, 0.29) is 26.3 Å². The van der Waals surface area contributed by atoms with E-state index in [4.69, 9.17) is 18.9 Å². The normalized spacial score (nSPS) is 11.0. The summed E-state index contributed by atoms with van der Waals surface area (Å²) in [6.07, 6.45) is 30.9. The molecule has 0 unspecified atom stereocenters. The van der Waals surface area contributed by atoms with Gasteiger partial charge in [0, 0.05) is 11.8 Å². The van der Waals surface area contributed by atoms with E-state index in [0.29, 0.717) is 30.4 Å². The van der Waals surface area contributed by atoms with Crippen LogP contribution in [-0.2, 0) is 32.3 Å². The molecule has 0 fully saturated rings. The second-order valence-electron chi connectivity index (χ2n) is 16.3. The fourth-order valence-electron chi connectivity index (χ4n) is 7.29. The van der Waals surface area contributed by atoms with Crippen LogP contribution >= 0.6 is 0 Å². The highest BCUT2D eigenvalue weighted by atomic mass is 16.5. The first-order valence-electron chi connectivity index (χ1n) is 23.6. The standard InChI is InChI=1S/C52H79NO6/c1-3-5-7-9-11-13-15-17-19-21-23-31-39-56-49-38-37-48(41-50(49)57-40-32-24-22-20-18-16-14-12-10-8-6-4-2)53(42-51(54)58-44-46-33-27-25-28-34-46)43-52(55)59-45-47-35-29-26-30-36-47/h25-30,33-38,41H,3-24,31-32,39-40,42-45H2,1-2H3. The first-order valence-corrected chi connectivity index (χ1v) is 23.6. The van der Waals surface area contributed by atoms with Gasteiger partial charge in [-0.3, -0.25) is 9.59 Å². The Balaban J connectivity index is 1.57. The summed E-state index contributed by atoms with van der Waals surface area (Å²) in [5.74, 6) is 0.450. The monoisotopic (exact) mass is 814 g/mol. The van der Waals surface area contributed by atoms with Gasteiger partial charge in [0.2, 0.25) is 0 Å². The minimum absolute atomic E-state index is 0.121. The third kappa shape index (κ3) is 24.6.